The van der Waals surface area contributed by atoms with E-state index in [9.17, 15) is 4.79 Å². The third kappa shape index (κ3) is 4.52. The summed E-state index contributed by atoms with van der Waals surface area (Å²) in [6.45, 7) is 1.54. The largest absolute Gasteiger partial charge is 0.489 e. The fourth-order valence-corrected chi connectivity index (χ4v) is 1.50. The second-order valence-corrected chi connectivity index (χ2v) is 3.78. The van der Waals surface area contributed by atoms with Crippen molar-refractivity contribution in [3.8, 4) is 5.75 Å². The standard InChI is InChI=1S/C12H15ClO5/c1-16-5-6-17-7-8-18-11-9(12(14)15)3-2-4-10(11)13/h2-4H,5-8H2,1H3,(H,14,15). The van der Waals surface area contributed by atoms with Crippen molar-refractivity contribution in [3.63, 3.8) is 0 Å². The minimum absolute atomic E-state index is 0.0411. The Morgan fingerprint density at radius 3 is 2.67 bits per heavy atom. The Bertz CT molecular complexity index is 394. The molecule has 5 nitrogen and oxygen atoms in total. The van der Waals surface area contributed by atoms with Crippen molar-refractivity contribution in [2.45, 2.75) is 0 Å². The van der Waals surface area contributed by atoms with Crippen LogP contribution in [0.1, 0.15) is 10.4 Å². The van der Waals surface area contributed by atoms with Crippen LogP contribution >= 0.6 is 11.6 Å². The number of methoxy groups -OCH3 is 1. The number of benzene rings is 1. The third-order valence-electron chi connectivity index (χ3n) is 2.10. The van der Waals surface area contributed by atoms with Crippen LogP contribution in [0.15, 0.2) is 18.2 Å². The molecule has 0 atom stereocenters. The van der Waals surface area contributed by atoms with Gasteiger partial charge in [-0.3, -0.25) is 0 Å². The molecule has 0 saturated heterocycles. The van der Waals surface area contributed by atoms with E-state index in [0.717, 1.165) is 0 Å². The predicted molar refractivity (Wildman–Crippen MR) is 66.6 cm³/mol. The minimum Gasteiger partial charge on any atom is -0.489 e. The highest BCUT2D eigenvalue weighted by atomic mass is 35.5. The summed E-state index contributed by atoms with van der Waals surface area (Å²) in [6, 6.07) is 4.58. The lowest BCUT2D eigenvalue weighted by Crippen LogP contribution is -2.12. The molecular formula is C12H15ClO5. The quantitative estimate of drug-likeness (QED) is 0.735. The maximum atomic E-state index is 11.0. The summed E-state index contributed by atoms with van der Waals surface area (Å²) in [5.41, 5.74) is 0.0411. The molecule has 1 aromatic carbocycles. The molecule has 6 heteroatoms. The molecule has 0 radical (unpaired) electrons. The first-order valence-electron chi connectivity index (χ1n) is 5.38. The van der Waals surface area contributed by atoms with E-state index < -0.39 is 5.97 Å². The number of halogens is 1. The van der Waals surface area contributed by atoms with Crippen LogP contribution < -0.4 is 4.74 Å². The zero-order chi connectivity index (χ0) is 13.4. The Labute approximate surface area is 110 Å². The summed E-state index contributed by atoms with van der Waals surface area (Å²) in [4.78, 5) is 11.0. The van der Waals surface area contributed by atoms with Crippen LogP contribution in [0.3, 0.4) is 0 Å². The highest BCUT2D eigenvalue weighted by molar-refractivity contribution is 6.32. The van der Waals surface area contributed by atoms with Crippen molar-refractivity contribution in [2.75, 3.05) is 33.5 Å². The molecule has 0 heterocycles. The van der Waals surface area contributed by atoms with Gasteiger partial charge in [0.15, 0.2) is 5.75 Å². The van der Waals surface area contributed by atoms with Gasteiger partial charge in [-0.05, 0) is 12.1 Å². The third-order valence-corrected chi connectivity index (χ3v) is 2.40. The molecule has 0 aromatic heterocycles. The first-order valence-corrected chi connectivity index (χ1v) is 5.76. The van der Waals surface area contributed by atoms with Crippen LogP contribution in [0.2, 0.25) is 5.02 Å². The summed E-state index contributed by atoms with van der Waals surface area (Å²) in [7, 11) is 1.59. The van der Waals surface area contributed by atoms with Gasteiger partial charge in [-0.25, -0.2) is 4.79 Å². The normalized spacial score (nSPS) is 10.3. The van der Waals surface area contributed by atoms with Gasteiger partial charge < -0.3 is 19.3 Å². The van der Waals surface area contributed by atoms with Gasteiger partial charge in [-0.2, -0.15) is 0 Å². The maximum absolute atomic E-state index is 11.0. The minimum atomic E-state index is -1.08. The summed E-state index contributed by atoms with van der Waals surface area (Å²) in [5, 5.41) is 9.25. The first-order chi connectivity index (χ1) is 8.66. The summed E-state index contributed by atoms with van der Waals surface area (Å²) >= 11 is 5.89. The van der Waals surface area contributed by atoms with Gasteiger partial charge in [0, 0.05) is 7.11 Å². The second kappa shape index (κ2) is 7.92. The van der Waals surface area contributed by atoms with Gasteiger partial charge in [-0.15, -0.1) is 0 Å². The average molecular weight is 275 g/mol. The molecule has 0 aliphatic rings. The molecule has 1 aromatic rings. The monoisotopic (exact) mass is 274 g/mol. The van der Waals surface area contributed by atoms with Gasteiger partial charge in [-0.1, -0.05) is 17.7 Å². The van der Waals surface area contributed by atoms with Crippen molar-refractivity contribution < 1.29 is 24.1 Å². The summed E-state index contributed by atoms with van der Waals surface area (Å²) in [5.74, 6) is -0.908. The van der Waals surface area contributed by atoms with Crippen LogP contribution in [0, 0.1) is 0 Å². The molecule has 1 rings (SSSR count). The predicted octanol–water partition coefficient (Wildman–Crippen LogP) is 2.08. The molecule has 0 amide bonds. The van der Waals surface area contributed by atoms with E-state index >= 15 is 0 Å². The van der Waals surface area contributed by atoms with E-state index in [1.54, 1.807) is 19.2 Å². The lowest BCUT2D eigenvalue weighted by molar-refractivity contribution is 0.0535. The highest BCUT2D eigenvalue weighted by Gasteiger charge is 2.14. The van der Waals surface area contributed by atoms with Crippen LogP contribution in [-0.2, 0) is 9.47 Å². The van der Waals surface area contributed by atoms with E-state index in [4.69, 9.17) is 30.9 Å². The fraction of sp³-hybridized carbons (Fsp3) is 0.417. The fourth-order valence-electron chi connectivity index (χ4n) is 1.27. The Balaban J connectivity index is 2.48. The summed E-state index contributed by atoms with van der Waals surface area (Å²) in [6.07, 6.45) is 0. The second-order valence-electron chi connectivity index (χ2n) is 3.38. The number of para-hydroxylation sites is 1. The Morgan fingerprint density at radius 1 is 1.28 bits per heavy atom. The zero-order valence-corrected chi connectivity index (χ0v) is 10.8. The van der Waals surface area contributed by atoms with Crippen molar-refractivity contribution in [3.05, 3.63) is 28.8 Å². The number of ether oxygens (including phenoxy) is 3. The van der Waals surface area contributed by atoms with Crippen molar-refractivity contribution in [1.82, 2.24) is 0 Å². The topological polar surface area (TPSA) is 65.0 Å². The molecule has 0 bridgehead atoms. The van der Waals surface area contributed by atoms with Crippen molar-refractivity contribution >= 4 is 17.6 Å². The van der Waals surface area contributed by atoms with Gasteiger partial charge in [0.25, 0.3) is 0 Å². The van der Waals surface area contributed by atoms with Crippen LogP contribution in [0.25, 0.3) is 0 Å². The molecule has 0 spiro atoms. The molecule has 0 saturated carbocycles. The molecule has 0 fully saturated rings. The van der Waals surface area contributed by atoms with Crippen molar-refractivity contribution in [2.24, 2.45) is 0 Å². The van der Waals surface area contributed by atoms with Crippen LogP contribution in [0.5, 0.6) is 5.75 Å². The van der Waals surface area contributed by atoms with Gasteiger partial charge >= 0.3 is 5.97 Å². The van der Waals surface area contributed by atoms with Crippen molar-refractivity contribution in [1.29, 1.82) is 0 Å². The van der Waals surface area contributed by atoms with E-state index in [1.165, 1.54) is 6.07 Å². The van der Waals surface area contributed by atoms with Crippen LogP contribution in [0.4, 0.5) is 0 Å². The Morgan fingerprint density at radius 2 is 2.00 bits per heavy atom. The number of carboxylic acids is 1. The number of hydrogen-bond acceptors (Lipinski definition) is 4. The van der Waals surface area contributed by atoms with E-state index in [1.807, 2.05) is 0 Å². The van der Waals surface area contributed by atoms with Gasteiger partial charge in [0.1, 0.15) is 12.2 Å². The Kier molecular flexibility index (Phi) is 6.49. The lowest BCUT2D eigenvalue weighted by Gasteiger charge is -2.10. The molecule has 1 N–H and O–H groups in total. The maximum Gasteiger partial charge on any atom is 0.339 e. The number of carbonyl (C=O) groups is 1. The summed E-state index contributed by atoms with van der Waals surface area (Å²) < 4.78 is 15.3. The first kappa shape index (κ1) is 14.8. The highest BCUT2D eigenvalue weighted by Crippen LogP contribution is 2.28. The average Bonchev–Trinajstić information content (AvgIpc) is 2.34. The van der Waals surface area contributed by atoms with E-state index in [0.29, 0.717) is 19.8 Å². The lowest BCUT2D eigenvalue weighted by atomic mass is 10.2. The molecular weight excluding hydrogens is 260 g/mol. The van der Waals surface area contributed by atoms with Crippen LogP contribution in [-0.4, -0.2) is 44.6 Å². The Hall–Kier alpha value is -1.30. The van der Waals surface area contributed by atoms with Gasteiger partial charge in [0.2, 0.25) is 0 Å². The van der Waals surface area contributed by atoms with E-state index in [2.05, 4.69) is 0 Å². The number of aromatic carboxylic acids is 1. The smallest absolute Gasteiger partial charge is 0.339 e. The molecule has 0 unspecified atom stereocenters. The number of rotatable bonds is 8. The molecule has 18 heavy (non-hydrogen) atoms. The van der Waals surface area contributed by atoms with Gasteiger partial charge in [0.05, 0.1) is 24.8 Å². The zero-order valence-electron chi connectivity index (χ0n) is 10.0. The number of carboxylic acid groups (broad SMARTS) is 1. The molecule has 0 aliphatic carbocycles. The molecule has 100 valence electrons. The molecule has 0 aliphatic heterocycles. The number of hydrogen-bond donors (Lipinski definition) is 1. The SMILES string of the molecule is COCCOCCOc1c(Cl)cccc1C(=O)O. The van der Waals surface area contributed by atoms with E-state index in [-0.39, 0.29) is 22.9 Å².